The Balaban J connectivity index is 1.96. The minimum Gasteiger partial charge on any atom is -0.375 e. The number of amides is 2. The number of nitrogens with zero attached hydrogens (tertiary/aromatic N) is 2. The fourth-order valence-corrected chi connectivity index (χ4v) is 3.30. The summed E-state index contributed by atoms with van der Waals surface area (Å²) in [6, 6.07) is 6.15. The standard InChI is InChI=1S/C17H13F3N2O5S/c1-9-7-21-13(10(2)14(9)27-28(25,26)17(18,19)20)8-22-15(23)11-5-3-4-6-12(11)16(22)24/h3-7H,8H2,1-2H3. The lowest BCUT2D eigenvalue weighted by Crippen LogP contribution is -2.31. The zero-order valence-corrected chi connectivity index (χ0v) is 15.4. The van der Waals surface area contributed by atoms with Gasteiger partial charge < -0.3 is 4.18 Å². The van der Waals surface area contributed by atoms with E-state index in [0.717, 1.165) is 11.1 Å². The van der Waals surface area contributed by atoms with E-state index in [1.54, 1.807) is 12.1 Å². The molecule has 0 saturated heterocycles. The maximum absolute atomic E-state index is 12.6. The van der Waals surface area contributed by atoms with Crippen LogP contribution in [0.3, 0.4) is 0 Å². The van der Waals surface area contributed by atoms with Crippen molar-refractivity contribution in [3.8, 4) is 5.75 Å². The number of benzene rings is 1. The lowest BCUT2D eigenvalue weighted by Gasteiger charge is -2.18. The van der Waals surface area contributed by atoms with Gasteiger partial charge in [0.25, 0.3) is 11.8 Å². The molecule has 148 valence electrons. The van der Waals surface area contributed by atoms with Crippen LogP contribution in [0.2, 0.25) is 0 Å². The first-order chi connectivity index (χ1) is 12.9. The van der Waals surface area contributed by atoms with Crippen LogP contribution in [0.1, 0.15) is 37.5 Å². The number of carbonyl (C=O) groups excluding carboxylic acids is 2. The Morgan fingerprint density at radius 2 is 1.61 bits per heavy atom. The summed E-state index contributed by atoms with van der Waals surface area (Å²) in [6.45, 7) is 2.28. The Morgan fingerprint density at radius 1 is 1.07 bits per heavy atom. The highest BCUT2D eigenvalue weighted by Crippen LogP contribution is 2.33. The first kappa shape index (κ1) is 19.8. The number of aryl methyl sites for hydroxylation is 1. The Hall–Kier alpha value is -2.95. The molecule has 2 aromatic rings. The van der Waals surface area contributed by atoms with Crippen molar-refractivity contribution in [1.82, 2.24) is 9.88 Å². The number of imide groups is 1. The van der Waals surface area contributed by atoms with E-state index in [1.807, 2.05) is 0 Å². The van der Waals surface area contributed by atoms with E-state index in [2.05, 4.69) is 9.17 Å². The maximum Gasteiger partial charge on any atom is 0.534 e. The van der Waals surface area contributed by atoms with Crippen LogP contribution in [0.5, 0.6) is 5.75 Å². The average molecular weight is 414 g/mol. The third-order valence-electron chi connectivity index (χ3n) is 4.21. The Labute approximate surface area is 157 Å². The van der Waals surface area contributed by atoms with Gasteiger partial charge in [0, 0.05) is 17.3 Å². The minimum absolute atomic E-state index is 0.0237. The van der Waals surface area contributed by atoms with Crippen LogP contribution < -0.4 is 4.18 Å². The van der Waals surface area contributed by atoms with Crippen molar-refractivity contribution in [1.29, 1.82) is 0 Å². The van der Waals surface area contributed by atoms with Gasteiger partial charge in [0.1, 0.15) is 0 Å². The van der Waals surface area contributed by atoms with Gasteiger partial charge in [-0.1, -0.05) is 12.1 Å². The van der Waals surface area contributed by atoms with Crippen molar-refractivity contribution < 1.29 is 35.4 Å². The first-order valence-corrected chi connectivity index (χ1v) is 9.26. The van der Waals surface area contributed by atoms with Crippen molar-refractivity contribution in [3.63, 3.8) is 0 Å². The molecule has 0 saturated carbocycles. The average Bonchev–Trinajstić information content (AvgIpc) is 2.85. The van der Waals surface area contributed by atoms with E-state index < -0.39 is 33.2 Å². The highest BCUT2D eigenvalue weighted by Gasteiger charge is 2.49. The van der Waals surface area contributed by atoms with E-state index in [1.165, 1.54) is 26.0 Å². The van der Waals surface area contributed by atoms with Gasteiger partial charge in [-0.2, -0.15) is 21.6 Å². The Bertz CT molecular complexity index is 1060. The topological polar surface area (TPSA) is 93.6 Å². The van der Waals surface area contributed by atoms with Crippen LogP contribution in [0.4, 0.5) is 13.2 Å². The van der Waals surface area contributed by atoms with E-state index in [-0.39, 0.29) is 34.5 Å². The summed E-state index contributed by atoms with van der Waals surface area (Å²) in [5.74, 6) is -1.69. The third kappa shape index (κ3) is 3.21. The minimum atomic E-state index is -5.88. The quantitative estimate of drug-likeness (QED) is 0.434. The fraction of sp³-hybridized carbons (Fsp3) is 0.235. The van der Waals surface area contributed by atoms with Crippen molar-refractivity contribution in [2.75, 3.05) is 0 Å². The zero-order chi connectivity index (χ0) is 20.9. The van der Waals surface area contributed by atoms with Crippen LogP contribution in [0.15, 0.2) is 30.5 Å². The highest BCUT2D eigenvalue weighted by molar-refractivity contribution is 7.88. The zero-order valence-electron chi connectivity index (χ0n) is 14.6. The Morgan fingerprint density at radius 3 is 2.11 bits per heavy atom. The van der Waals surface area contributed by atoms with E-state index in [0.29, 0.717) is 0 Å². The molecular weight excluding hydrogens is 401 g/mol. The number of hydrogen-bond donors (Lipinski definition) is 0. The van der Waals surface area contributed by atoms with Gasteiger partial charge in [-0.15, -0.1) is 0 Å². The number of carbonyl (C=O) groups is 2. The highest BCUT2D eigenvalue weighted by atomic mass is 32.2. The van der Waals surface area contributed by atoms with Gasteiger partial charge in [0.2, 0.25) is 0 Å². The molecule has 1 aromatic carbocycles. The summed E-state index contributed by atoms with van der Waals surface area (Å²) in [5, 5.41) is 0. The second-order valence-electron chi connectivity index (χ2n) is 6.07. The number of fused-ring (bicyclic) bond motifs is 1. The van der Waals surface area contributed by atoms with Crippen LogP contribution in [-0.2, 0) is 16.7 Å². The summed E-state index contributed by atoms with van der Waals surface area (Å²) in [7, 11) is -5.88. The number of rotatable bonds is 4. The third-order valence-corrected chi connectivity index (χ3v) is 5.16. The molecular formula is C17H13F3N2O5S. The monoisotopic (exact) mass is 414 g/mol. The number of hydrogen-bond acceptors (Lipinski definition) is 6. The smallest absolute Gasteiger partial charge is 0.375 e. The lowest BCUT2D eigenvalue weighted by molar-refractivity contribution is -0.0500. The molecule has 0 radical (unpaired) electrons. The molecule has 0 atom stereocenters. The number of alkyl halides is 3. The molecule has 1 aromatic heterocycles. The van der Waals surface area contributed by atoms with Crippen LogP contribution in [0.25, 0.3) is 0 Å². The molecule has 0 aliphatic carbocycles. The SMILES string of the molecule is Cc1cnc(CN2C(=O)c3ccccc3C2=O)c(C)c1OS(=O)(=O)C(F)(F)F. The molecule has 3 rings (SSSR count). The normalized spacial score (nSPS) is 14.4. The fourth-order valence-electron chi connectivity index (χ4n) is 2.73. The number of halogens is 3. The Kier molecular flexibility index (Phi) is 4.66. The van der Waals surface area contributed by atoms with Gasteiger partial charge >= 0.3 is 15.6 Å². The maximum atomic E-state index is 12.6. The molecule has 2 amide bonds. The largest absolute Gasteiger partial charge is 0.534 e. The van der Waals surface area contributed by atoms with Crippen molar-refractivity contribution in [2.24, 2.45) is 0 Å². The molecule has 1 aliphatic heterocycles. The van der Waals surface area contributed by atoms with Crippen LogP contribution in [0, 0.1) is 13.8 Å². The van der Waals surface area contributed by atoms with Crippen molar-refractivity contribution in [2.45, 2.75) is 25.9 Å². The molecule has 0 N–H and O–H groups in total. The van der Waals surface area contributed by atoms with Crippen molar-refractivity contribution in [3.05, 3.63) is 58.4 Å². The van der Waals surface area contributed by atoms with Gasteiger partial charge in [0.05, 0.1) is 23.4 Å². The molecule has 0 spiro atoms. The van der Waals surface area contributed by atoms with Gasteiger partial charge in [-0.3, -0.25) is 19.5 Å². The first-order valence-electron chi connectivity index (χ1n) is 7.85. The summed E-state index contributed by atoms with van der Waals surface area (Å²) in [4.78, 5) is 29.8. The molecule has 7 nitrogen and oxygen atoms in total. The van der Waals surface area contributed by atoms with Gasteiger partial charge in [0.15, 0.2) is 5.75 Å². The second-order valence-corrected chi connectivity index (χ2v) is 7.61. The number of aromatic nitrogens is 1. The molecule has 0 unspecified atom stereocenters. The lowest BCUT2D eigenvalue weighted by atomic mass is 10.1. The van der Waals surface area contributed by atoms with Crippen LogP contribution >= 0.6 is 0 Å². The van der Waals surface area contributed by atoms with E-state index >= 15 is 0 Å². The molecule has 0 fully saturated rings. The summed E-state index contributed by atoms with van der Waals surface area (Å²) >= 11 is 0. The predicted octanol–water partition coefficient (Wildman–Crippen LogP) is 2.72. The molecule has 11 heteroatoms. The summed E-state index contributed by atoms with van der Waals surface area (Å²) in [6.07, 6.45) is 1.11. The van der Waals surface area contributed by atoms with Gasteiger partial charge in [-0.05, 0) is 26.0 Å². The van der Waals surface area contributed by atoms with E-state index in [4.69, 9.17) is 0 Å². The molecule has 1 aliphatic rings. The van der Waals surface area contributed by atoms with E-state index in [9.17, 15) is 31.2 Å². The van der Waals surface area contributed by atoms with Gasteiger partial charge in [-0.25, -0.2) is 0 Å². The van der Waals surface area contributed by atoms with Crippen LogP contribution in [-0.4, -0.2) is 35.6 Å². The second kappa shape index (κ2) is 6.59. The molecule has 0 bridgehead atoms. The number of pyridine rings is 1. The summed E-state index contributed by atoms with van der Waals surface area (Å²) < 4.78 is 64.9. The summed E-state index contributed by atoms with van der Waals surface area (Å²) in [5.41, 5.74) is -5.13. The van der Waals surface area contributed by atoms with Crippen molar-refractivity contribution >= 4 is 21.9 Å². The molecule has 2 heterocycles. The predicted molar refractivity (Wildman–Crippen MR) is 90.0 cm³/mol. The molecule has 28 heavy (non-hydrogen) atoms.